The highest BCUT2D eigenvalue weighted by atomic mass is 127. The van der Waals surface area contributed by atoms with Crippen LogP contribution in [0.2, 0.25) is 0 Å². The van der Waals surface area contributed by atoms with Crippen molar-refractivity contribution in [3.05, 3.63) is 29.8 Å². The van der Waals surface area contributed by atoms with E-state index in [9.17, 15) is 4.79 Å². The lowest BCUT2D eigenvalue weighted by Crippen LogP contribution is -2.49. The number of nitrogens with one attached hydrogen (secondary N) is 2. The van der Waals surface area contributed by atoms with Gasteiger partial charge in [-0.15, -0.1) is 24.0 Å². The summed E-state index contributed by atoms with van der Waals surface area (Å²) in [6.07, 6.45) is -0.0680. The number of aliphatic imine (C=N–C) groups is 1. The van der Waals surface area contributed by atoms with Crippen LogP contribution < -0.4 is 15.4 Å². The number of hydrogen-bond acceptors (Lipinski definition) is 3. The monoisotopic (exact) mass is 490 g/mol. The van der Waals surface area contributed by atoms with Crippen LogP contribution >= 0.6 is 24.0 Å². The van der Waals surface area contributed by atoms with E-state index in [0.717, 1.165) is 17.9 Å². The highest BCUT2D eigenvalue weighted by Crippen LogP contribution is 2.17. The number of benzene rings is 1. The topological polar surface area (TPSA) is 66.0 Å². The van der Waals surface area contributed by atoms with Gasteiger partial charge in [-0.3, -0.25) is 4.79 Å². The maximum absolute atomic E-state index is 12.1. The molecule has 0 aliphatic rings. The van der Waals surface area contributed by atoms with Gasteiger partial charge in [-0.05, 0) is 53.2 Å². The van der Waals surface area contributed by atoms with Gasteiger partial charge < -0.3 is 20.3 Å². The molecule has 1 unspecified atom stereocenters. The lowest BCUT2D eigenvalue weighted by molar-refractivity contribution is -0.122. The normalized spacial score (nSPS) is 12.6. The molecule has 2 N–H and O–H groups in total. The Morgan fingerprint density at radius 1 is 1.30 bits per heavy atom. The standard InChI is InChI=1S/C20H34N4O2.HI/c1-8-21-19(24(7)14-18(25)23-20(4,5)6)22-13-16(3)26-17-12-10-9-11-15(17)2;/h9-12,16H,8,13-14H2,1-7H3,(H,21,22)(H,23,25);1H. The minimum atomic E-state index is -0.247. The van der Waals surface area contributed by atoms with Crippen LogP contribution in [0.4, 0.5) is 0 Å². The Bertz CT molecular complexity index is 614. The number of carbonyl (C=O) groups is 1. The van der Waals surface area contributed by atoms with Crippen molar-refractivity contribution >= 4 is 35.8 Å². The molecule has 0 aliphatic heterocycles. The second-order valence-electron chi connectivity index (χ2n) is 7.54. The molecule has 1 atom stereocenters. The van der Waals surface area contributed by atoms with Gasteiger partial charge >= 0.3 is 0 Å². The van der Waals surface area contributed by atoms with Gasteiger partial charge in [0, 0.05) is 19.1 Å². The van der Waals surface area contributed by atoms with Gasteiger partial charge in [0.05, 0.1) is 13.1 Å². The molecule has 6 nitrogen and oxygen atoms in total. The van der Waals surface area contributed by atoms with Crippen molar-refractivity contribution in [1.29, 1.82) is 0 Å². The Labute approximate surface area is 181 Å². The fraction of sp³-hybridized carbons (Fsp3) is 0.600. The number of guanidine groups is 1. The van der Waals surface area contributed by atoms with Gasteiger partial charge in [0.1, 0.15) is 11.9 Å². The molecule has 1 rings (SSSR count). The fourth-order valence-electron chi connectivity index (χ4n) is 2.38. The first-order chi connectivity index (χ1) is 12.1. The molecule has 0 saturated carbocycles. The van der Waals surface area contributed by atoms with Crippen molar-refractivity contribution in [3.8, 4) is 5.75 Å². The third-order valence-corrected chi connectivity index (χ3v) is 3.51. The van der Waals surface area contributed by atoms with Crippen LogP contribution in [0.25, 0.3) is 0 Å². The smallest absolute Gasteiger partial charge is 0.240 e. The van der Waals surface area contributed by atoms with Crippen molar-refractivity contribution in [2.45, 2.75) is 53.2 Å². The number of para-hydroxylation sites is 1. The fourth-order valence-corrected chi connectivity index (χ4v) is 2.38. The Hall–Kier alpha value is -1.51. The molecule has 0 aromatic heterocycles. The van der Waals surface area contributed by atoms with Crippen molar-refractivity contribution in [2.75, 3.05) is 26.7 Å². The second kappa shape index (κ2) is 12.0. The Balaban J connectivity index is 0.00000676. The molecular formula is C20H35IN4O2. The van der Waals surface area contributed by atoms with Crippen LogP contribution in [0.5, 0.6) is 5.75 Å². The van der Waals surface area contributed by atoms with E-state index in [-0.39, 0.29) is 48.1 Å². The zero-order chi connectivity index (χ0) is 19.7. The predicted molar refractivity (Wildman–Crippen MR) is 123 cm³/mol. The number of hydrogen-bond donors (Lipinski definition) is 2. The molecule has 0 aliphatic carbocycles. The van der Waals surface area contributed by atoms with E-state index in [1.165, 1.54) is 0 Å². The minimum absolute atomic E-state index is 0. The van der Waals surface area contributed by atoms with Gasteiger partial charge in [-0.2, -0.15) is 0 Å². The number of ether oxygens (including phenoxy) is 1. The van der Waals surface area contributed by atoms with Crippen LogP contribution in [-0.4, -0.2) is 55.1 Å². The van der Waals surface area contributed by atoms with Crippen molar-refractivity contribution < 1.29 is 9.53 Å². The summed E-state index contributed by atoms with van der Waals surface area (Å²) in [7, 11) is 1.86. The molecule has 1 aromatic carbocycles. The van der Waals surface area contributed by atoms with Gasteiger partial charge in [0.15, 0.2) is 5.96 Å². The van der Waals surface area contributed by atoms with E-state index in [1.54, 1.807) is 0 Å². The van der Waals surface area contributed by atoms with Gasteiger partial charge in [-0.1, -0.05) is 18.2 Å². The summed E-state index contributed by atoms with van der Waals surface area (Å²) in [6.45, 7) is 13.4. The first-order valence-corrected chi connectivity index (χ1v) is 9.15. The summed E-state index contributed by atoms with van der Waals surface area (Å²) in [6, 6.07) is 7.94. The average Bonchev–Trinajstić information content (AvgIpc) is 2.51. The molecule has 0 heterocycles. The summed E-state index contributed by atoms with van der Waals surface area (Å²) in [4.78, 5) is 18.6. The van der Waals surface area contributed by atoms with Crippen molar-refractivity contribution in [3.63, 3.8) is 0 Å². The first-order valence-electron chi connectivity index (χ1n) is 9.15. The molecular weight excluding hydrogens is 455 g/mol. The van der Waals surface area contributed by atoms with E-state index >= 15 is 0 Å². The van der Waals surface area contributed by atoms with Crippen LogP contribution in [0, 0.1) is 6.92 Å². The van der Waals surface area contributed by atoms with Crippen LogP contribution in [-0.2, 0) is 4.79 Å². The third-order valence-electron chi connectivity index (χ3n) is 3.51. The van der Waals surface area contributed by atoms with Gasteiger partial charge in [0.2, 0.25) is 5.91 Å². The zero-order valence-corrected chi connectivity index (χ0v) is 20.0. The molecule has 0 radical (unpaired) electrons. The number of aryl methyl sites for hydroxylation is 1. The van der Waals surface area contributed by atoms with Crippen molar-refractivity contribution in [2.24, 2.45) is 4.99 Å². The van der Waals surface area contributed by atoms with Gasteiger partial charge in [0.25, 0.3) is 0 Å². The zero-order valence-electron chi connectivity index (χ0n) is 17.6. The lowest BCUT2D eigenvalue weighted by Gasteiger charge is -2.25. The number of amides is 1. The number of rotatable bonds is 7. The molecule has 0 fully saturated rings. The van der Waals surface area contributed by atoms with E-state index in [4.69, 9.17) is 4.74 Å². The molecule has 0 bridgehead atoms. The largest absolute Gasteiger partial charge is 0.489 e. The summed E-state index contributed by atoms with van der Waals surface area (Å²) in [5.74, 6) is 1.53. The van der Waals surface area contributed by atoms with Gasteiger partial charge in [-0.25, -0.2) is 4.99 Å². The maximum atomic E-state index is 12.1. The number of nitrogens with zero attached hydrogens (tertiary/aromatic N) is 2. The molecule has 154 valence electrons. The van der Waals surface area contributed by atoms with Crippen LogP contribution in [0.3, 0.4) is 0 Å². The highest BCUT2D eigenvalue weighted by molar-refractivity contribution is 14.0. The molecule has 7 heteroatoms. The van der Waals surface area contributed by atoms with Crippen molar-refractivity contribution in [1.82, 2.24) is 15.5 Å². The van der Waals surface area contributed by atoms with E-state index in [1.807, 2.05) is 77.8 Å². The molecule has 0 saturated heterocycles. The lowest BCUT2D eigenvalue weighted by atomic mass is 10.1. The minimum Gasteiger partial charge on any atom is -0.489 e. The van der Waals surface area contributed by atoms with E-state index < -0.39 is 0 Å². The number of carbonyl (C=O) groups excluding carboxylic acids is 1. The number of halogens is 1. The highest BCUT2D eigenvalue weighted by Gasteiger charge is 2.17. The summed E-state index contributed by atoms with van der Waals surface area (Å²) < 4.78 is 5.97. The van der Waals surface area contributed by atoms with Crippen LogP contribution in [0.1, 0.15) is 40.2 Å². The Morgan fingerprint density at radius 2 is 1.93 bits per heavy atom. The maximum Gasteiger partial charge on any atom is 0.240 e. The summed E-state index contributed by atoms with van der Waals surface area (Å²) in [5, 5.41) is 6.18. The second-order valence-corrected chi connectivity index (χ2v) is 7.54. The first kappa shape index (κ1) is 25.5. The molecule has 27 heavy (non-hydrogen) atoms. The van der Waals surface area contributed by atoms with E-state index in [0.29, 0.717) is 12.5 Å². The molecule has 1 aromatic rings. The summed E-state index contributed by atoms with van der Waals surface area (Å²) in [5.41, 5.74) is 0.856. The molecule has 0 spiro atoms. The SMILES string of the molecule is CCNC(=NCC(C)Oc1ccccc1C)N(C)CC(=O)NC(C)(C)C.I. The Morgan fingerprint density at radius 3 is 2.48 bits per heavy atom. The quantitative estimate of drug-likeness (QED) is 0.350. The Kier molecular flexibility index (Phi) is 11.4. The molecule has 1 amide bonds. The predicted octanol–water partition coefficient (Wildman–Crippen LogP) is 3.19. The van der Waals surface area contributed by atoms with E-state index in [2.05, 4.69) is 15.6 Å². The number of likely N-dealkylation sites (N-methyl/N-ethyl adjacent to an activating group) is 1. The third kappa shape index (κ3) is 10.4. The average molecular weight is 490 g/mol. The van der Waals surface area contributed by atoms with Crippen LogP contribution in [0.15, 0.2) is 29.3 Å². The summed E-state index contributed by atoms with van der Waals surface area (Å²) >= 11 is 0.